The van der Waals surface area contributed by atoms with Crippen LogP contribution in [0.2, 0.25) is 0 Å². The van der Waals surface area contributed by atoms with Crippen molar-refractivity contribution in [1.29, 1.82) is 0 Å². The molecule has 0 N–H and O–H groups in total. The highest BCUT2D eigenvalue weighted by molar-refractivity contribution is 5.94. The van der Waals surface area contributed by atoms with Gasteiger partial charge in [0.15, 0.2) is 0 Å². The number of hydrogen-bond acceptors (Lipinski definition) is 5. The molecule has 1 aromatic carbocycles. The van der Waals surface area contributed by atoms with Crippen molar-refractivity contribution in [3.63, 3.8) is 0 Å². The molecule has 1 aromatic rings. The first-order chi connectivity index (χ1) is 14.0. The van der Waals surface area contributed by atoms with Crippen LogP contribution in [0.15, 0.2) is 30.3 Å². The van der Waals surface area contributed by atoms with Crippen LogP contribution in [0.1, 0.15) is 53.0 Å². The summed E-state index contributed by atoms with van der Waals surface area (Å²) in [5.74, 6) is -0.249. The third-order valence-corrected chi connectivity index (χ3v) is 5.60. The van der Waals surface area contributed by atoms with Gasteiger partial charge in [0.1, 0.15) is 11.2 Å². The zero-order valence-corrected chi connectivity index (χ0v) is 18.5. The van der Waals surface area contributed by atoms with Gasteiger partial charge in [0.05, 0.1) is 6.04 Å². The molecule has 0 aromatic heterocycles. The molecule has 0 saturated carbocycles. The van der Waals surface area contributed by atoms with Gasteiger partial charge in [0, 0.05) is 19.5 Å². The summed E-state index contributed by atoms with van der Waals surface area (Å²) < 4.78 is 10.9. The lowest BCUT2D eigenvalue weighted by atomic mass is 9.91. The van der Waals surface area contributed by atoms with Crippen LogP contribution < -0.4 is 0 Å². The Bertz CT molecular complexity index is 800. The third-order valence-electron chi connectivity index (χ3n) is 5.60. The van der Waals surface area contributed by atoms with Gasteiger partial charge in [-0.1, -0.05) is 30.3 Å². The smallest absolute Gasteiger partial charge is 0.417 e. The molecular formula is C23H32N2O5. The van der Waals surface area contributed by atoms with Gasteiger partial charge in [-0.15, -0.1) is 0 Å². The van der Waals surface area contributed by atoms with Crippen LogP contribution >= 0.6 is 0 Å². The fourth-order valence-electron chi connectivity index (χ4n) is 4.07. The van der Waals surface area contributed by atoms with Crippen molar-refractivity contribution in [2.24, 2.45) is 5.92 Å². The topological polar surface area (TPSA) is 76.2 Å². The number of hydrogen-bond donors (Lipinski definition) is 0. The first-order valence-corrected chi connectivity index (χ1v) is 10.5. The lowest BCUT2D eigenvalue weighted by Crippen LogP contribution is -2.46. The van der Waals surface area contributed by atoms with Crippen LogP contribution in [0.3, 0.4) is 0 Å². The van der Waals surface area contributed by atoms with Gasteiger partial charge in [-0.2, -0.15) is 0 Å². The van der Waals surface area contributed by atoms with Gasteiger partial charge in [-0.3, -0.25) is 4.79 Å². The Kier molecular flexibility index (Phi) is 6.11. The van der Waals surface area contributed by atoms with E-state index in [-0.39, 0.29) is 30.4 Å². The molecule has 2 heterocycles. The molecule has 7 heteroatoms. The maximum atomic E-state index is 13.1. The average molecular weight is 417 g/mol. The molecule has 7 nitrogen and oxygen atoms in total. The number of nitrogens with zero attached hydrogens (tertiary/aromatic N) is 2. The molecule has 2 fully saturated rings. The molecule has 0 bridgehead atoms. The van der Waals surface area contributed by atoms with E-state index < -0.39 is 17.3 Å². The molecular weight excluding hydrogens is 384 g/mol. The molecule has 3 amide bonds. The normalized spacial score (nSPS) is 23.4. The zero-order chi connectivity index (χ0) is 22.1. The molecule has 0 aliphatic carbocycles. The highest BCUT2D eigenvalue weighted by Crippen LogP contribution is 2.33. The van der Waals surface area contributed by atoms with Gasteiger partial charge < -0.3 is 14.4 Å². The van der Waals surface area contributed by atoms with Gasteiger partial charge in [-0.05, 0) is 58.9 Å². The zero-order valence-electron chi connectivity index (χ0n) is 18.5. The summed E-state index contributed by atoms with van der Waals surface area (Å²) in [6, 6.07) is 9.41. The van der Waals surface area contributed by atoms with E-state index >= 15 is 0 Å². The number of cyclic esters (lactones) is 1. The first-order valence-electron chi connectivity index (χ1n) is 10.5. The van der Waals surface area contributed by atoms with Gasteiger partial charge >= 0.3 is 12.2 Å². The fraction of sp³-hybridized carbons (Fsp3) is 0.609. The van der Waals surface area contributed by atoms with Crippen molar-refractivity contribution < 1.29 is 23.9 Å². The maximum absolute atomic E-state index is 13.1. The average Bonchev–Trinajstić information content (AvgIpc) is 3.17. The molecule has 2 saturated heterocycles. The Morgan fingerprint density at radius 1 is 1.20 bits per heavy atom. The number of carbonyl (C=O) groups is 3. The highest BCUT2D eigenvalue weighted by atomic mass is 16.6. The summed E-state index contributed by atoms with van der Waals surface area (Å²) in [5, 5.41) is 0. The van der Waals surface area contributed by atoms with E-state index in [0.717, 1.165) is 5.56 Å². The molecule has 0 spiro atoms. The monoisotopic (exact) mass is 416 g/mol. The summed E-state index contributed by atoms with van der Waals surface area (Å²) in [5.41, 5.74) is -0.273. The second-order valence-electron chi connectivity index (χ2n) is 9.73. The SMILES string of the molecule is CC(C)(C)OC(=O)N1CC[C@H](CC(=O)N2C(=O)OC(C)(C)[C@@H]2Cc2ccccc2)C1. The first kappa shape index (κ1) is 22.1. The molecule has 2 atom stereocenters. The van der Waals surface area contributed by atoms with E-state index in [4.69, 9.17) is 9.47 Å². The van der Waals surface area contributed by atoms with Gasteiger partial charge in [0.2, 0.25) is 5.91 Å². The van der Waals surface area contributed by atoms with Crippen molar-refractivity contribution in [2.45, 2.75) is 71.1 Å². The maximum Gasteiger partial charge on any atom is 0.417 e. The van der Waals surface area contributed by atoms with Crippen molar-refractivity contribution in [2.75, 3.05) is 13.1 Å². The van der Waals surface area contributed by atoms with E-state index in [9.17, 15) is 14.4 Å². The standard InChI is InChI=1S/C23H32N2O5/c1-22(2,3)29-20(27)24-12-11-17(15-24)14-19(26)25-18(23(4,5)30-21(25)28)13-16-9-7-6-8-10-16/h6-10,17-18H,11-15H2,1-5H3/t17-,18+/m1/s1. The number of rotatable bonds is 4. The van der Waals surface area contributed by atoms with E-state index in [1.165, 1.54) is 4.90 Å². The molecule has 164 valence electrons. The van der Waals surface area contributed by atoms with Crippen molar-refractivity contribution >= 4 is 18.1 Å². The Morgan fingerprint density at radius 3 is 2.50 bits per heavy atom. The van der Waals surface area contributed by atoms with Crippen LogP contribution in [-0.4, -0.2) is 58.2 Å². The quantitative estimate of drug-likeness (QED) is 0.741. The number of imide groups is 1. The van der Waals surface area contributed by atoms with Crippen LogP contribution in [0, 0.1) is 5.92 Å². The Balaban J connectivity index is 1.65. The van der Waals surface area contributed by atoms with Crippen LogP contribution in [-0.2, 0) is 20.7 Å². The molecule has 30 heavy (non-hydrogen) atoms. The number of ether oxygens (including phenoxy) is 2. The minimum atomic E-state index is -0.763. The molecule has 0 unspecified atom stereocenters. The summed E-state index contributed by atoms with van der Waals surface area (Å²) in [4.78, 5) is 40.8. The highest BCUT2D eigenvalue weighted by Gasteiger charge is 2.50. The van der Waals surface area contributed by atoms with E-state index in [1.54, 1.807) is 4.90 Å². The van der Waals surface area contributed by atoms with Crippen molar-refractivity contribution in [3.8, 4) is 0 Å². The van der Waals surface area contributed by atoms with E-state index in [1.807, 2.05) is 65.0 Å². The third kappa shape index (κ3) is 5.12. The van der Waals surface area contributed by atoms with E-state index in [2.05, 4.69) is 0 Å². The van der Waals surface area contributed by atoms with Crippen LogP contribution in [0.4, 0.5) is 9.59 Å². The number of carbonyl (C=O) groups excluding carboxylic acids is 3. The summed E-state index contributed by atoms with van der Waals surface area (Å²) in [7, 11) is 0. The second-order valence-corrected chi connectivity index (χ2v) is 9.73. The molecule has 0 radical (unpaired) electrons. The van der Waals surface area contributed by atoms with Crippen molar-refractivity contribution in [1.82, 2.24) is 9.80 Å². The van der Waals surface area contributed by atoms with Crippen LogP contribution in [0.25, 0.3) is 0 Å². The molecule has 2 aliphatic rings. The summed E-state index contributed by atoms with van der Waals surface area (Å²) in [6.45, 7) is 10.2. The van der Waals surface area contributed by atoms with Crippen LogP contribution in [0.5, 0.6) is 0 Å². The van der Waals surface area contributed by atoms with Gasteiger partial charge in [-0.25, -0.2) is 14.5 Å². The second kappa shape index (κ2) is 8.28. The lowest BCUT2D eigenvalue weighted by Gasteiger charge is -2.28. The Hall–Kier alpha value is -2.57. The van der Waals surface area contributed by atoms with E-state index in [0.29, 0.717) is 25.9 Å². The predicted octanol–water partition coefficient (Wildman–Crippen LogP) is 4.00. The summed E-state index contributed by atoms with van der Waals surface area (Å²) >= 11 is 0. The van der Waals surface area contributed by atoms with Crippen molar-refractivity contribution in [3.05, 3.63) is 35.9 Å². The number of amides is 3. The number of benzene rings is 1. The lowest BCUT2D eigenvalue weighted by molar-refractivity contribution is -0.130. The molecule has 2 aliphatic heterocycles. The number of likely N-dealkylation sites (tertiary alicyclic amines) is 1. The Morgan fingerprint density at radius 2 is 1.87 bits per heavy atom. The Labute approximate surface area is 178 Å². The largest absolute Gasteiger partial charge is 0.444 e. The summed E-state index contributed by atoms with van der Waals surface area (Å²) in [6.07, 6.45) is 0.505. The molecule has 3 rings (SSSR count). The fourth-order valence-corrected chi connectivity index (χ4v) is 4.07. The van der Waals surface area contributed by atoms with Gasteiger partial charge in [0.25, 0.3) is 0 Å². The minimum Gasteiger partial charge on any atom is -0.444 e. The predicted molar refractivity (Wildman–Crippen MR) is 112 cm³/mol. The minimum absolute atomic E-state index is 0.00101.